The van der Waals surface area contributed by atoms with Crippen molar-refractivity contribution < 1.29 is 0 Å². The maximum absolute atomic E-state index is 6.11. The van der Waals surface area contributed by atoms with E-state index in [-0.39, 0.29) is 0 Å². The molecule has 64 heavy (non-hydrogen) atoms. The Kier molecular flexibility index (Phi) is 8.55. The summed E-state index contributed by atoms with van der Waals surface area (Å²) in [5.74, 6) is 0. The molecule has 8 aromatic rings. The van der Waals surface area contributed by atoms with E-state index in [1.807, 2.05) is 36.4 Å². The van der Waals surface area contributed by atoms with E-state index in [9.17, 15) is 0 Å². The van der Waals surface area contributed by atoms with E-state index in [4.69, 9.17) is 42.9 Å². The van der Waals surface area contributed by atoms with Crippen LogP contribution in [-0.2, 0) is 25.7 Å². The second-order valence-electron chi connectivity index (χ2n) is 17.2. The highest BCUT2D eigenvalue weighted by molar-refractivity contribution is 6.12. The predicted molar refractivity (Wildman–Crippen MR) is 266 cm³/mol. The fourth-order valence-corrected chi connectivity index (χ4v) is 9.46. The SMILES string of the molecule is Nc1ccc(-c2ccc3c(c2)CC(c2cccc(C4=Nc5ccc(-c6ccc7c(c6)CC(c6cccc(C8=Nc9ccc(-c%10ccc(N)c(N)c%10)cc9C8)c6)=N7)cc5C4)c2)=N3)cc1N. The molecule has 0 spiro atoms. The van der Waals surface area contributed by atoms with Crippen molar-refractivity contribution in [3.05, 3.63) is 202 Å². The summed E-state index contributed by atoms with van der Waals surface area (Å²) >= 11 is 0. The smallest absolute Gasteiger partial charge is 0.0669 e. The zero-order chi connectivity index (χ0) is 43.1. The van der Waals surface area contributed by atoms with E-state index in [0.29, 0.717) is 22.7 Å². The first kappa shape index (κ1) is 37.4. The average molecular weight is 827 g/mol. The fourth-order valence-electron chi connectivity index (χ4n) is 9.46. The van der Waals surface area contributed by atoms with E-state index in [0.717, 1.165) is 116 Å². The van der Waals surface area contributed by atoms with Gasteiger partial charge in [-0.05, 0) is 163 Å². The van der Waals surface area contributed by atoms with Gasteiger partial charge in [-0.1, -0.05) is 72.8 Å². The Morgan fingerprint density at radius 3 is 0.797 bits per heavy atom. The molecular weight excluding hydrogens is 785 g/mol. The van der Waals surface area contributed by atoms with E-state index in [1.54, 1.807) is 0 Å². The third kappa shape index (κ3) is 6.64. The molecule has 8 aromatic carbocycles. The molecule has 306 valence electrons. The van der Waals surface area contributed by atoms with Crippen molar-refractivity contribution in [2.75, 3.05) is 22.9 Å². The Morgan fingerprint density at radius 1 is 0.250 bits per heavy atom. The van der Waals surface area contributed by atoms with E-state index in [2.05, 4.69) is 121 Å². The molecule has 0 amide bonds. The van der Waals surface area contributed by atoms with Crippen molar-refractivity contribution in [3.63, 3.8) is 0 Å². The molecule has 8 N–H and O–H groups in total. The van der Waals surface area contributed by atoms with Crippen LogP contribution in [0, 0.1) is 0 Å². The van der Waals surface area contributed by atoms with Crippen LogP contribution in [-0.4, -0.2) is 22.8 Å². The molecule has 0 unspecified atom stereocenters. The first-order chi connectivity index (χ1) is 31.2. The fraction of sp³-hybridized carbons (Fsp3) is 0.0714. The van der Waals surface area contributed by atoms with Crippen LogP contribution in [0.25, 0.3) is 33.4 Å². The number of aliphatic imine (C=N–C) groups is 4. The van der Waals surface area contributed by atoms with Gasteiger partial charge in [-0.25, -0.2) is 0 Å². The zero-order valence-electron chi connectivity index (χ0n) is 34.9. The van der Waals surface area contributed by atoms with Gasteiger partial charge in [0.15, 0.2) is 0 Å². The van der Waals surface area contributed by atoms with Gasteiger partial charge < -0.3 is 22.9 Å². The summed E-state index contributed by atoms with van der Waals surface area (Å²) in [7, 11) is 0. The molecule has 8 nitrogen and oxygen atoms in total. The van der Waals surface area contributed by atoms with Gasteiger partial charge in [0.1, 0.15) is 0 Å². The lowest BCUT2D eigenvalue weighted by atomic mass is 9.95. The standard InChI is InChI=1S/C56H42N8/c57-45-13-7-35(25-47(45)59)33-11-17-51-43(21-33)29-55(63-51)39-5-1-3-37(23-39)53-27-41-19-31(9-15-49(41)61-53)32-10-16-50-42(20-32)28-54(62-50)38-4-2-6-40(24-38)56-30-44-22-34(12-18-52(44)64-56)36-8-14-46(58)48(60)26-36/h1-26H,27-30,57-60H2. The summed E-state index contributed by atoms with van der Waals surface area (Å²) < 4.78 is 0. The molecule has 4 heterocycles. The summed E-state index contributed by atoms with van der Waals surface area (Å²) in [5.41, 5.74) is 50.9. The van der Waals surface area contributed by atoms with Crippen molar-refractivity contribution in [2.45, 2.75) is 25.7 Å². The van der Waals surface area contributed by atoms with Gasteiger partial charge in [0.05, 0.1) is 68.3 Å². The Bertz CT molecular complexity index is 3220. The third-order valence-electron chi connectivity index (χ3n) is 13.0. The maximum Gasteiger partial charge on any atom is 0.0669 e. The molecule has 12 rings (SSSR count). The lowest BCUT2D eigenvalue weighted by Crippen LogP contribution is -2.05. The van der Waals surface area contributed by atoms with Crippen molar-refractivity contribution in [2.24, 2.45) is 20.0 Å². The molecule has 0 saturated heterocycles. The van der Waals surface area contributed by atoms with Crippen LogP contribution < -0.4 is 22.9 Å². The molecule has 0 saturated carbocycles. The Balaban J connectivity index is 0.717. The predicted octanol–water partition coefficient (Wildman–Crippen LogP) is 11.7. The lowest BCUT2D eigenvalue weighted by molar-refractivity contribution is 1.36. The van der Waals surface area contributed by atoms with Crippen LogP contribution >= 0.6 is 0 Å². The highest BCUT2D eigenvalue weighted by Gasteiger charge is 2.23. The molecule has 0 aliphatic carbocycles. The Hall–Kier alpha value is -8.36. The number of fused-ring (bicyclic) bond motifs is 4. The normalized spacial score (nSPS) is 14.3. The van der Waals surface area contributed by atoms with Gasteiger partial charge >= 0.3 is 0 Å². The molecule has 0 fully saturated rings. The van der Waals surface area contributed by atoms with Gasteiger partial charge in [-0.3, -0.25) is 20.0 Å². The minimum atomic E-state index is 0.590. The summed E-state index contributed by atoms with van der Waals surface area (Å²) in [4.78, 5) is 20.3. The van der Waals surface area contributed by atoms with Crippen LogP contribution in [0.3, 0.4) is 0 Å². The van der Waals surface area contributed by atoms with E-state index in [1.165, 1.54) is 33.4 Å². The van der Waals surface area contributed by atoms with Gasteiger partial charge in [-0.2, -0.15) is 0 Å². The molecular formula is C56H42N8. The van der Waals surface area contributed by atoms with Gasteiger partial charge in [0.25, 0.3) is 0 Å². The zero-order valence-corrected chi connectivity index (χ0v) is 34.9. The minimum absolute atomic E-state index is 0.590. The van der Waals surface area contributed by atoms with Gasteiger partial charge in [-0.15, -0.1) is 0 Å². The number of nitrogen functional groups attached to an aromatic ring is 4. The summed E-state index contributed by atoms with van der Waals surface area (Å²) in [6.07, 6.45) is 3.08. The van der Waals surface area contributed by atoms with Crippen LogP contribution in [0.5, 0.6) is 0 Å². The molecule has 4 aliphatic rings. The molecule has 4 aliphatic heterocycles. The maximum atomic E-state index is 6.11. The Labute approximate surface area is 371 Å². The number of benzene rings is 8. The van der Waals surface area contributed by atoms with Gasteiger partial charge in [0, 0.05) is 25.7 Å². The monoisotopic (exact) mass is 826 g/mol. The number of hydrogen-bond donors (Lipinski definition) is 4. The molecule has 0 atom stereocenters. The van der Waals surface area contributed by atoms with Gasteiger partial charge in [0.2, 0.25) is 0 Å². The van der Waals surface area contributed by atoms with Crippen molar-refractivity contribution in [1.82, 2.24) is 0 Å². The Morgan fingerprint density at radius 2 is 0.516 bits per heavy atom. The van der Waals surface area contributed by atoms with E-state index >= 15 is 0 Å². The first-order valence-corrected chi connectivity index (χ1v) is 21.6. The number of nitrogens with zero attached hydrogens (tertiary/aromatic N) is 4. The number of hydrogen-bond acceptors (Lipinski definition) is 8. The number of anilines is 4. The van der Waals surface area contributed by atoms with Crippen LogP contribution in [0.15, 0.2) is 178 Å². The molecule has 8 heteroatoms. The van der Waals surface area contributed by atoms with Crippen molar-refractivity contribution in [1.29, 1.82) is 0 Å². The highest BCUT2D eigenvalue weighted by atomic mass is 14.8. The average Bonchev–Trinajstić information content (AvgIpc) is 4.14. The third-order valence-corrected chi connectivity index (χ3v) is 13.0. The largest absolute Gasteiger partial charge is 0.397 e. The summed E-state index contributed by atoms with van der Waals surface area (Å²) in [6.45, 7) is 0. The quantitative estimate of drug-likeness (QED) is 0.118. The topological polar surface area (TPSA) is 154 Å². The summed E-state index contributed by atoms with van der Waals surface area (Å²) in [5, 5.41) is 0. The minimum Gasteiger partial charge on any atom is -0.397 e. The van der Waals surface area contributed by atoms with Crippen LogP contribution in [0.4, 0.5) is 45.5 Å². The lowest BCUT2D eigenvalue weighted by Gasteiger charge is -2.08. The number of nitrogens with two attached hydrogens (primary N) is 4. The first-order valence-electron chi connectivity index (χ1n) is 21.6. The van der Waals surface area contributed by atoms with Crippen molar-refractivity contribution >= 4 is 68.3 Å². The second-order valence-corrected chi connectivity index (χ2v) is 17.2. The molecule has 0 aromatic heterocycles. The second kappa shape index (κ2) is 14.6. The van der Waals surface area contributed by atoms with Crippen LogP contribution in [0.1, 0.15) is 44.5 Å². The highest BCUT2D eigenvalue weighted by Crippen LogP contribution is 2.39. The molecule has 0 radical (unpaired) electrons. The van der Waals surface area contributed by atoms with Crippen LogP contribution in [0.2, 0.25) is 0 Å². The van der Waals surface area contributed by atoms with E-state index < -0.39 is 0 Å². The molecule has 0 bridgehead atoms. The van der Waals surface area contributed by atoms with Crippen molar-refractivity contribution in [3.8, 4) is 33.4 Å². The number of rotatable bonds is 7. The summed E-state index contributed by atoms with van der Waals surface area (Å²) in [6, 6.07) is 55.1.